The third-order valence-electron chi connectivity index (χ3n) is 4.93. The van der Waals surface area contributed by atoms with Gasteiger partial charge in [0.2, 0.25) is 0 Å². The summed E-state index contributed by atoms with van der Waals surface area (Å²) in [5.41, 5.74) is 2.13. The van der Waals surface area contributed by atoms with Crippen molar-refractivity contribution in [3.63, 3.8) is 0 Å². The summed E-state index contributed by atoms with van der Waals surface area (Å²) in [4.78, 5) is 26.0. The first kappa shape index (κ1) is 23.8. The first-order chi connectivity index (χ1) is 15.5. The summed E-state index contributed by atoms with van der Waals surface area (Å²) < 4.78 is 38.9. The number of ether oxygens (including phenoxy) is 1. The molecule has 172 valence electrons. The highest BCUT2D eigenvalue weighted by Gasteiger charge is 2.17. The molecule has 1 heterocycles. The van der Waals surface area contributed by atoms with Crippen LogP contribution in [0.15, 0.2) is 45.6 Å². The third-order valence-corrected chi connectivity index (χ3v) is 5.98. The minimum Gasteiger partial charge on any atom is -0.422 e. The second kappa shape index (κ2) is 9.36. The number of hydrogen-bond acceptors (Lipinski definition) is 6. The topological polar surface area (TPSA) is 118 Å². The highest BCUT2D eigenvalue weighted by Crippen LogP contribution is 2.29. The molecule has 0 fully saturated rings. The van der Waals surface area contributed by atoms with Crippen LogP contribution >= 0.6 is 0 Å². The zero-order valence-corrected chi connectivity index (χ0v) is 19.4. The lowest BCUT2D eigenvalue weighted by Crippen LogP contribution is -2.26. The second-order valence-corrected chi connectivity index (χ2v) is 9.05. The predicted octanol–water partition coefficient (Wildman–Crippen LogP) is 2.61. The maximum Gasteiger partial charge on any atom is 0.414 e. The molecule has 0 spiro atoms. The number of terminal acetylenes is 1. The van der Waals surface area contributed by atoms with E-state index in [-0.39, 0.29) is 17.8 Å². The van der Waals surface area contributed by atoms with Crippen LogP contribution < -0.4 is 19.8 Å². The lowest BCUT2D eigenvalue weighted by molar-refractivity contribution is 0.172. The Morgan fingerprint density at radius 2 is 1.97 bits per heavy atom. The molecule has 3 rings (SSSR count). The highest BCUT2D eigenvalue weighted by molar-refractivity contribution is 7.90. The Kier molecular flexibility index (Phi) is 6.76. The molecule has 0 aliphatic heterocycles. The molecule has 0 aliphatic rings. The van der Waals surface area contributed by atoms with Crippen LogP contribution in [-0.4, -0.2) is 40.6 Å². The highest BCUT2D eigenvalue weighted by atomic mass is 32.2. The molecule has 0 radical (unpaired) electrons. The van der Waals surface area contributed by atoms with E-state index in [9.17, 15) is 18.0 Å². The number of nitrogens with zero attached hydrogens (tertiary/aromatic N) is 1. The van der Waals surface area contributed by atoms with E-state index in [4.69, 9.17) is 15.6 Å². The summed E-state index contributed by atoms with van der Waals surface area (Å²) in [6.07, 6.45) is 5.20. The molecule has 2 aromatic carbocycles. The Bertz CT molecular complexity index is 1440. The monoisotopic (exact) mass is 469 g/mol. The number of carbonyl (C=O) groups is 1. The van der Waals surface area contributed by atoms with Crippen molar-refractivity contribution in [3.05, 3.63) is 69.1 Å². The van der Waals surface area contributed by atoms with Gasteiger partial charge in [0.05, 0.1) is 11.3 Å². The number of anilines is 1. The van der Waals surface area contributed by atoms with Crippen molar-refractivity contribution >= 4 is 33.0 Å². The van der Waals surface area contributed by atoms with E-state index in [1.807, 2.05) is 0 Å². The quantitative estimate of drug-likeness (QED) is 0.423. The fourth-order valence-electron chi connectivity index (χ4n) is 3.16. The zero-order chi connectivity index (χ0) is 24.3. The molecule has 1 amide bonds. The van der Waals surface area contributed by atoms with Gasteiger partial charge in [-0.25, -0.2) is 14.3 Å². The van der Waals surface area contributed by atoms with Crippen molar-refractivity contribution < 1.29 is 22.4 Å². The van der Waals surface area contributed by atoms with E-state index < -0.39 is 21.9 Å². The van der Waals surface area contributed by atoms with Crippen molar-refractivity contribution in [2.75, 3.05) is 25.9 Å². The van der Waals surface area contributed by atoms with Crippen molar-refractivity contribution in [1.29, 1.82) is 0 Å². The maximum absolute atomic E-state index is 12.8. The molecular formula is C23H23N3O6S. The smallest absolute Gasteiger partial charge is 0.414 e. The van der Waals surface area contributed by atoms with Gasteiger partial charge < -0.3 is 14.1 Å². The average molecular weight is 470 g/mol. The van der Waals surface area contributed by atoms with E-state index in [2.05, 4.69) is 15.4 Å². The van der Waals surface area contributed by atoms with Gasteiger partial charge in [0, 0.05) is 44.6 Å². The molecule has 9 nitrogen and oxygen atoms in total. The summed E-state index contributed by atoms with van der Waals surface area (Å²) in [5, 5.41) is 0.606. The second-order valence-electron chi connectivity index (χ2n) is 7.43. The molecule has 0 bridgehead atoms. The number of fused-ring (bicyclic) bond motifs is 1. The summed E-state index contributed by atoms with van der Waals surface area (Å²) in [6.45, 7) is 1.77. The molecule has 10 heteroatoms. The molecule has 2 N–H and O–H groups in total. The fourth-order valence-corrected chi connectivity index (χ4v) is 3.70. The van der Waals surface area contributed by atoms with Crippen LogP contribution in [0.1, 0.15) is 22.3 Å². The molecule has 0 atom stereocenters. The van der Waals surface area contributed by atoms with Crippen molar-refractivity contribution in [3.8, 4) is 18.1 Å². The number of benzene rings is 2. The van der Waals surface area contributed by atoms with Gasteiger partial charge in [0.1, 0.15) is 5.58 Å². The van der Waals surface area contributed by atoms with Crippen LogP contribution in [0.5, 0.6) is 5.75 Å². The van der Waals surface area contributed by atoms with E-state index in [1.54, 1.807) is 37.3 Å². The van der Waals surface area contributed by atoms with E-state index in [1.165, 1.54) is 32.1 Å². The first-order valence-corrected chi connectivity index (χ1v) is 11.3. The van der Waals surface area contributed by atoms with Crippen LogP contribution in [0.3, 0.4) is 0 Å². The molecule has 3 aromatic rings. The minimum atomic E-state index is -3.67. The molecule has 0 saturated carbocycles. The predicted molar refractivity (Wildman–Crippen MR) is 126 cm³/mol. The van der Waals surface area contributed by atoms with Crippen LogP contribution in [0.4, 0.5) is 10.5 Å². The van der Waals surface area contributed by atoms with Crippen molar-refractivity contribution in [1.82, 2.24) is 9.62 Å². The summed E-state index contributed by atoms with van der Waals surface area (Å²) in [6, 6.07) is 9.75. The number of aryl methyl sites for hydroxylation is 1. The van der Waals surface area contributed by atoms with Gasteiger partial charge in [-0.2, -0.15) is 8.42 Å². The van der Waals surface area contributed by atoms with Gasteiger partial charge in [-0.3, -0.25) is 4.72 Å². The van der Waals surface area contributed by atoms with Gasteiger partial charge in [0.25, 0.3) is 10.2 Å². The van der Waals surface area contributed by atoms with Crippen LogP contribution in [0.2, 0.25) is 0 Å². The largest absolute Gasteiger partial charge is 0.422 e. The summed E-state index contributed by atoms with van der Waals surface area (Å²) in [7, 11) is 0.699. The Labute approximate surface area is 191 Å². The van der Waals surface area contributed by atoms with Gasteiger partial charge in [-0.15, -0.1) is 6.42 Å². The van der Waals surface area contributed by atoms with Crippen LogP contribution in [-0.2, 0) is 16.6 Å². The average Bonchev–Trinajstić information content (AvgIpc) is 2.76. The van der Waals surface area contributed by atoms with Crippen molar-refractivity contribution in [2.24, 2.45) is 0 Å². The number of nitrogens with one attached hydrogen (secondary N) is 2. The number of carbonyl (C=O) groups excluding carboxylic acids is 1. The SMILES string of the molecule is C#Cc1cc2c(C)c(Cc3cccc(NS(=O)(=O)NC)c3)c(=O)oc2cc1OC(=O)N(C)C. The van der Waals surface area contributed by atoms with E-state index in [0.717, 1.165) is 0 Å². The molecular weight excluding hydrogens is 446 g/mol. The lowest BCUT2D eigenvalue weighted by Gasteiger charge is -2.14. The Morgan fingerprint density at radius 3 is 2.61 bits per heavy atom. The Balaban J connectivity index is 2.03. The fraction of sp³-hybridized carbons (Fsp3) is 0.217. The van der Waals surface area contributed by atoms with Gasteiger partial charge in [-0.1, -0.05) is 18.1 Å². The summed E-state index contributed by atoms with van der Waals surface area (Å²) >= 11 is 0. The molecule has 33 heavy (non-hydrogen) atoms. The number of hydrogen-bond donors (Lipinski definition) is 2. The van der Waals surface area contributed by atoms with Crippen LogP contribution in [0, 0.1) is 19.3 Å². The minimum absolute atomic E-state index is 0.114. The Morgan fingerprint density at radius 1 is 1.24 bits per heavy atom. The van der Waals surface area contributed by atoms with E-state index >= 15 is 0 Å². The third kappa shape index (κ3) is 5.34. The van der Waals surface area contributed by atoms with Crippen LogP contribution in [0.25, 0.3) is 11.0 Å². The Hall–Kier alpha value is -3.81. The van der Waals surface area contributed by atoms with Gasteiger partial charge in [-0.05, 0) is 36.2 Å². The number of amides is 1. The standard InChI is InChI=1S/C23H23N3O6S/c1-6-16-12-18-14(2)19(11-15-8-7-9-17(10-15)25-33(29,30)24-3)22(27)31-21(18)13-20(16)32-23(28)26(4)5/h1,7-10,12-13,24-25H,11H2,2-5H3. The normalized spacial score (nSPS) is 11.1. The van der Waals surface area contributed by atoms with Gasteiger partial charge >= 0.3 is 11.7 Å². The summed E-state index contributed by atoms with van der Waals surface area (Å²) in [5.74, 6) is 2.61. The molecule has 0 saturated heterocycles. The van der Waals surface area contributed by atoms with Gasteiger partial charge in [0.15, 0.2) is 5.75 Å². The molecule has 1 aromatic heterocycles. The molecule has 0 aliphatic carbocycles. The molecule has 0 unspecified atom stereocenters. The maximum atomic E-state index is 12.8. The van der Waals surface area contributed by atoms with Crippen molar-refractivity contribution in [2.45, 2.75) is 13.3 Å². The van der Waals surface area contributed by atoms with E-state index in [0.29, 0.717) is 33.3 Å². The lowest BCUT2D eigenvalue weighted by atomic mass is 9.98. The first-order valence-electron chi connectivity index (χ1n) is 9.81. The number of rotatable bonds is 6. The zero-order valence-electron chi connectivity index (χ0n) is 18.6.